The van der Waals surface area contributed by atoms with E-state index in [2.05, 4.69) is 20.4 Å². The van der Waals surface area contributed by atoms with Crippen molar-refractivity contribution in [2.75, 3.05) is 32.8 Å². The molecule has 3 fully saturated rings. The van der Waals surface area contributed by atoms with Gasteiger partial charge in [0.05, 0.1) is 34.8 Å². The Morgan fingerprint density at radius 2 is 1.85 bits per heavy atom. The molecular weight excluding hydrogens is 627 g/mol. The molecule has 4 heterocycles. The summed E-state index contributed by atoms with van der Waals surface area (Å²) in [7, 11) is 0. The zero-order valence-electron chi connectivity index (χ0n) is 28.8. The lowest BCUT2D eigenvalue weighted by atomic mass is 9.84. The van der Waals surface area contributed by atoms with Crippen LogP contribution in [0.25, 0.3) is 10.4 Å². The van der Waals surface area contributed by atoms with E-state index < -0.39 is 18.1 Å². The third-order valence-electron chi connectivity index (χ3n) is 10.6. The number of hydrogen-bond donors (Lipinski definition) is 2. The Hall–Kier alpha value is -3.28. The highest BCUT2D eigenvalue weighted by Crippen LogP contribution is 2.34. The Kier molecular flexibility index (Phi) is 11.2. The van der Waals surface area contributed by atoms with E-state index in [0.29, 0.717) is 24.2 Å². The van der Waals surface area contributed by atoms with Crippen LogP contribution in [0.4, 0.5) is 0 Å². The Morgan fingerprint density at radius 1 is 1.10 bits per heavy atom. The lowest BCUT2D eigenvalue weighted by molar-refractivity contribution is -0.141. The summed E-state index contributed by atoms with van der Waals surface area (Å²) in [5, 5.41) is 17.8. The van der Waals surface area contributed by atoms with Crippen LogP contribution < -0.4 is 10.1 Å². The molecule has 1 aromatic carbocycles. The van der Waals surface area contributed by atoms with Crippen LogP contribution >= 0.6 is 11.3 Å². The maximum Gasteiger partial charge on any atom is 0.254 e. The number of β-amino-alcohol motifs (C(OH)–C–C–N with tert-alkyl or cyclic N) is 1. The van der Waals surface area contributed by atoms with Gasteiger partial charge in [-0.25, -0.2) is 4.98 Å². The summed E-state index contributed by atoms with van der Waals surface area (Å²) < 4.78 is 11.7. The van der Waals surface area contributed by atoms with Crippen LogP contribution in [0.3, 0.4) is 0 Å². The van der Waals surface area contributed by atoms with Crippen LogP contribution in [0.1, 0.15) is 94.7 Å². The van der Waals surface area contributed by atoms with Gasteiger partial charge in [0.25, 0.3) is 5.88 Å². The van der Waals surface area contributed by atoms with E-state index in [-0.39, 0.29) is 36.7 Å². The number of ether oxygens (including phenoxy) is 1. The van der Waals surface area contributed by atoms with Gasteiger partial charge < -0.3 is 29.5 Å². The van der Waals surface area contributed by atoms with Gasteiger partial charge in [-0.3, -0.25) is 9.59 Å². The van der Waals surface area contributed by atoms with E-state index in [9.17, 15) is 14.7 Å². The molecule has 0 unspecified atom stereocenters. The Morgan fingerprint density at radius 3 is 2.50 bits per heavy atom. The molecule has 1 saturated carbocycles. The summed E-state index contributed by atoms with van der Waals surface area (Å²) in [5.74, 6) is 1.05. The number of aliphatic hydroxyl groups excluding tert-OH is 1. The van der Waals surface area contributed by atoms with Gasteiger partial charge in [0.15, 0.2) is 5.76 Å². The normalized spacial score (nSPS) is 22.1. The second-order valence-electron chi connectivity index (χ2n) is 14.5. The maximum absolute atomic E-state index is 14.0. The van der Waals surface area contributed by atoms with Crippen molar-refractivity contribution in [2.45, 2.75) is 96.7 Å². The van der Waals surface area contributed by atoms with Crippen molar-refractivity contribution in [3.63, 3.8) is 0 Å². The number of aliphatic hydroxyl groups is 1. The highest BCUT2D eigenvalue weighted by molar-refractivity contribution is 7.13. The summed E-state index contributed by atoms with van der Waals surface area (Å²) in [4.78, 5) is 37.2. The molecule has 4 atom stereocenters. The second-order valence-corrected chi connectivity index (χ2v) is 15.3. The molecule has 0 bridgehead atoms. The molecule has 6 rings (SSSR count). The van der Waals surface area contributed by atoms with Crippen LogP contribution in [0.15, 0.2) is 40.4 Å². The van der Waals surface area contributed by atoms with Crippen molar-refractivity contribution in [1.82, 2.24) is 25.3 Å². The number of aryl methyl sites for hydroxylation is 1. The van der Waals surface area contributed by atoms with Crippen molar-refractivity contribution in [2.24, 2.45) is 17.8 Å². The number of benzene rings is 1. The second kappa shape index (κ2) is 15.5. The van der Waals surface area contributed by atoms with Gasteiger partial charge in [-0.05, 0) is 93.1 Å². The number of likely N-dealkylation sites (tertiary alicyclic amines) is 2. The van der Waals surface area contributed by atoms with Crippen molar-refractivity contribution in [3.8, 4) is 16.3 Å². The number of hydrogen-bond acceptors (Lipinski definition) is 9. The minimum atomic E-state index is -0.784. The third kappa shape index (κ3) is 8.12. The number of nitrogens with zero attached hydrogens (tertiary/aromatic N) is 4. The quantitative estimate of drug-likeness (QED) is 0.227. The molecule has 10 nitrogen and oxygen atoms in total. The van der Waals surface area contributed by atoms with Gasteiger partial charge in [-0.15, -0.1) is 11.3 Å². The lowest BCUT2D eigenvalue weighted by Gasteiger charge is -2.36. The molecule has 0 spiro atoms. The molecule has 3 aliphatic rings. The number of thiazole rings is 1. The predicted octanol–water partition coefficient (Wildman–Crippen LogP) is 5.97. The maximum atomic E-state index is 14.0. The van der Waals surface area contributed by atoms with Gasteiger partial charge in [0.1, 0.15) is 12.0 Å². The molecule has 2 aliphatic heterocycles. The zero-order chi connectivity index (χ0) is 33.8. The number of piperidine rings is 1. The first kappa shape index (κ1) is 34.6. The van der Waals surface area contributed by atoms with Gasteiger partial charge in [-0.2, -0.15) is 0 Å². The van der Waals surface area contributed by atoms with E-state index in [1.807, 2.05) is 57.5 Å². The summed E-state index contributed by atoms with van der Waals surface area (Å²) >= 11 is 1.60. The molecule has 2 amide bonds. The molecule has 48 heavy (non-hydrogen) atoms. The minimum absolute atomic E-state index is 0.0917. The van der Waals surface area contributed by atoms with Crippen molar-refractivity contribution in [3.05, 3.63) is 52.9 Å². The number of aromatic nitrogens is 2. The molecule has 3 aromatic rings. The van der Waals surface area contributed by atoms with Gasteiger partial charge >= 0.3 is 0 Å². The number of amides is 2. The summed E-state index contributed by atoms with van der Waals surface area (Å²) in [5.41, 5.74) is 4.87. The first-order valence-electron chi connectivity index (χ1n) is 17.8. The fourth-order valence-electron chi connectivity index (χ4n) is 7.43. The SMILES string of the molecule is Cc1ncsc1-c1ccc([C@H](C)NC(=O)[C@@H]2C[C@@H](O)CN2C(=O)[C@@H](c2cc(OCCC3CCN(CC4CCC4)CC3)no2)C(C)C)cc1. The number of carbonyl (C=O) groups excluding carboxylic acids is 2. The average Bonchev–Trinajstić information content (AvgIpc) is 3.80. The Balaban J connectivity index is 1.02. The first-order chi connectivity index (χ1) is 23.2. The number of rotatable bonds is 13. The lowest BCUT2D eigenvalue weighted by Crippen LogP contribution is -2.48. The highest BCUT2D eigenvalue weighted by Gasteiger charge is 2.43. The number of carbonyl (C=O) groups is 2. The predicted molar refractivity (Wildman–Crippen MR) is 186 cm³/mol. The fraction of sp³-hybridized carbons (Fsp3) is 0.622. The first-order valence-corrected chi connectivity index (χ1v) is 18.6. The molecule has 2 aromatic heterocycles. The van der Waals surface area contributed by atoms with Gasteiger partial charge in [-0.1, -0.05) is 44.5 Å². The summed E-state index contributed by atoms with van der Waals surface area (Å²) in [6.07, 6.45) is 6.99. The standard InChI is InChI=1S/C37H51N5O5S/c1-23(2)34(32-19-33(40-47-32)46-17-14-26-12-15-41(16-13-26)20-27-6-5-7-27)37(45)42-21-30(43)18-31(42)36(44)39-24(3)28-8-10-29(11-9-28)35-25(4)38-22-48-35/h8-11,19,22-24,26-27,30-31,34,43H,5-7,12-18,20-21H2,1-4H3,(H,39,44)/t24-,30+,31-,34+/m0/s1. The molecule has 2 N–H and O–H groups in total. The highest BCUT2D eigenvalue weighted by atomic mass is 32.1. The molecule has 1 aliphatic carbocycles. The van der Waals surface area contributed by atoms with E-state index in [0.717, 1.165) is 34.0 Å². The van der Waals surface area contributed by atoms with E-state index in [4.69, 9.17) is 9.26 Å². The largest absolute Gasteiger partial charge is 0.475 e. The summed E-state index contributed by atoms with van der Waals surface area (Å²) in [6, 6.07) is 8.73. The fourth-order valence-corrected chi connectivity index (χ4v) is 8.24. The Bertz CT molecular complexity index is 1510. The third-order valence-corrected chi connectivity index (χ3v) is 11.6. The van der Waals surface area contributed by atoms with E-state index in [1.165, 1.54) is 56.6 Å². The monoisotopic (exact) mass is 677 g/mol. The average molecular weight is 678 g/mol. The molecule has 260 valence electrons. The van der Waals surface area contributed by atoms with Gasteiger partial charge in [0.2, 0.25) is 11.8 Å². The number of nitrogens with one attached hydrogen (secondary N) is 1. The van der Waals surface area contributed by atoms with E-state index in [1.54, 1.807) is 17.4 Å². The molecule has 2 saturated heterocycles. The Labute approximate surface area is 288 Å². The van der Waals surface area contributed by atoms with Crippen LogP contribution in [0.2, 0.25) is 0 Å². The summed E-state index contributed by atoms with van der Waals surface area (Å²) in [6.45, 7) is 12.1. The zero-order valence-corrected chi connectivity index (χ0v) is 29.6. The van der Waals surface area contributed by atoms with Crippen molar-refractivity contribution >= 4 is 23.2 Å². The smallest absolute Gasteiger partial charge is 0.254 e. The van der Waals surface area contributed by atoms with Crippen LogP contribution in [-0.4, -0.2) is 81.8 Å². The van der Waals surface area contributed by atoms with Crippen molar-refractivity contribution in [1.29, 1.82) is 0 Å². The molecular formula is C37H51N5O5S. The molecule has 0 radical (unpaired) electrons. The van der Waals surface area contributed by atoms with Crippen molar-refractivity contribution < 1.29 is 24.0 Å². The van der Waals surface area contributed by atoms with E-state index >= 15 is 0 Å². The molecule has 11 heteroatoms. The van der Waals surface area contributed by atoms with Crippen LogP contribution in [-0.2, 0) is 9.59 Å². The van der Waals surface area contributed by atoms with Crippen LogP contribution in [0, 0.1) is 24.7 Å². The minimum Gasteiger partial charge on any atom is -0.475 e. The van der Waals surface area contributed by atoms with Crippen LogP contribution in [0.5, 0.6) is 5.88 Å². The van der Waals surface area contributed by atoms with Gasteiger partial charge in [0, 0.05) is 25.6 Å². The topological polar surface area (TPSA) is 121 Å².